The van der Waals surface area contributed by atoms with Gasteiger partial charge in [-0.3, -0.25) is 0 Å². The third kappa shape index (κ3) is 1.58. The number of benzene rings is 1. The summed E-state index contributed by atoms with van der Waals surface area (Å²) >= 11 is 0. The first-order valence-corrected chi connectivity index (χ1v) is 4.58. The highest BCUT2D eigenvalue weighted by atomic mass is 19.1. The maximum absolute atomic E-state index is 13.3. The van der Waals surface area contributed by atoms with Gasteiger partial charge in [0.05, 0.1) is 11.4 Å². The van der Waals surface area contributed by atoms with Gasteiger partial charge >= 0.3 is 0 Å². The van der Waals surface area contributed by atoms with Crippen molar-refractivity contribution in [1.82, 2.24) is 5.16 Å². The van der Waals surface area contributed by atoms with Gasteiger partial charge < -0.3 is 10.3 Å². The van der Waals surface area contributed by atoms with Crippen molar-refractivity contribution in [3.8, 4) is 11.1 Å². The number of halogens is 1. The standard InChI is InChI=1S/C11H11FN2O/c1-6-11(7(2)15-14-6)8-3-4-10(13)9(12)5-8/h3-5H,13H2,1-2H3. The molecule has 0 amide bonds. The van der Waals surface area contributed by atoms with Gasteiger partial charge in [-0.25, -0.2) is 4.39 Å². The normalized spacial score (nSPS) is 10.6. The van der Waals surface area contributed by atoms with E-state index >= 15 is 0 Å². The predicted octanol–water partition coefficient (Wildman–Crippen LogP) is 2.68. The van der Waals surface area contributed by atoms with Gasteiger partial charge in [0.1, 0.15) is 11.6 Å². The van der Waals surface area contributed by atoms with Crippen molar-refractivity contribution in [3.05, 3.63) is 35.5 Å². The van der Waals surface area contributed by atoms with E-state index in [4.69, 9.17) is 10.3 Å². The molecule has 0 aliphatic heterocycles. The van der Waals surface area contributed by atoms with Crippen LogP contribution in [0.3, 0.4) is 0 Å². The van der Waals surface area contributed by atoms with E-state index in [-0.39, 0.29) is 5.69 Å². The van der Waals surface area contributed by atoms with Gasteiger partial charge in [0.25, 0.3) is 0 Å². The maximum atomic E-state index is 13.3. The van der Waals surface area contributed by atoms with Gasteiger partial charge in [-0.1, -0.05) is 11.2 Å². The molecule has 0 saturated carbocycles. The Morgan fingerprint density at radius 1 is 1.33 bits per heavy atom. The minimum absolute atomic E-state index is 0.144. The molecule has 0 aliphatic carbocycles. The number of nitrogens with two attached hydrogens (primary N) is 1. The van der Waals surface area contributed by atoms with Crippen LogP contribution in [-0.2, 0) is 0 Å². The Labute approximate surface area is 86.7 Å². The number of hydrogen-bond donors (Lipinski definition) is 1. The molecule has 3 nitrogen and oxygen atoms in total. The first-order chi connectivity index (χ1) is 7.09. The summed E-state index contributed by atoms with van der Waals surface area (Å²) in [7, 11) is 0. The van der Waals surface area contributed by atoms with Gasteiger partial charge in [0.15, 0.2) is 0 Å². The highest BCUT2D eigenvalue weighted by Crippen LogP contribution is 2.28. The number of nitrogens with zero attached hydrogens (tertiary/aromatic N) is 1. The molecule has 4 heteroatoms. The summed E-state index contributed by atoms with van der Waals surface area (Å²) in [6.07, 6.45) is 0. The first kappa shape index (κ1) is 9.71. The zero-order valence-electron chi connectivity index (χ0n) is 8.54. The molecule has 0 atom stereocenters. The molecule has 2 rings (SSSR count). The lowest BCUT2D eigenvalue weighted by molar-refractivity contribution is 0.393. The van der Waals surface area contributed by atoms with Gasteiger partial charge in [-0.2, -0.15) is 0 Å². The van der Waals surface area contributed by atoms with E-state index in [1.54, 1.807) is 13.0 Å². The number of nitrogen functional groups attached to an aromatic ring is 1. The Hall–Kier alpha value is -1.84. The summed E-state index contributed by atoms with van der Waals surface area (Å²) in [5.41, 5.74) is 7.86. The fourth-order valence-electron chi connectivity index (χ4n) is 1.58. The van der Waals surface area contributed by atoms with Crippen LogP contribution in [0.4, 0.5) is 10.1 Å². The van der Waals surface area contributed by atoms with E-state index < -0.39 is 5.82 Å². The van der Waals surface area contributed by atoms with Crippen LogP contribution in [0.1, 0.15) is 11.5 Å². The van der Waals surface area contributed by atoms with Crippen LogP contribution in [0.5, 0.6) is 0 Å². The van der Waals surface area contributed by atoms with Crippen LogP contribution in [0.25, 0.3) is 11.1 Å². The van der Waals surface area contributed by atoms with Gasteiger partial charge in [-0.05, 0) is 31.5 Å². The van der Waals surface area contributed by atoms with Gasteiger partial charge in [-0.15, -0.1) is 0 Å². The Morgan fingerprint density at radius 3 is 2.60 bits per heavy atom. The summed E-state index contributed by atoms with van der Waals surface area (Å²) in [4.78, 5) is 0. The van der Waals surface area contributed by atoms with Crippen LogP contribution in [0.15, 0.2) is 22.7 Å². The molecule has 0 radical (unpaired) electrons. The molecule has 15 heavy (non-hydrogen) atoms. The Balaban J connectivity index is 2.59. The summed E-state index contributed by atoms with van der Waals surface area (Å²) in [6.45, 7) is 3.61. The second kappa shape index (κ2) is 3.38. The van der Waals surface area contributed by atoms with Crippen molar-refractivity contribution in [2.24, 2.45) is 0 Å². The smallest absolute Gasteiger partial charge is 0.146 e. The number of hydrogen-bond acceptors (Lipinski definition) is 3. The van der Waals surface area contributed by atoms with Crippen molar-refractivity contribution in [3.63, 3.8) is 0 Å². The van der Waals surface area contributed by atoms with Crippen molar-refractivity contribution in [2.45, 2.75) is 13.8 Å². The minimum atomic E-state index is -0.424. The molecule has 78 valence electrons. The van der Waals surface area contributed by atoms with Crippen molar-refractivity contribution < 1.29 is 8.91 Å². The first-order valence-electron chi connectivity index (χ1n) is 4.58. The van der Waals surface area contributed by atoms with Crippen LogP contribution >= 0.6 is 0 Å². The average molecular weight is 206 g/mol. The van der Waals surface area contributed by atoms with Crippen LogP contribution < -0.4 is 5.73 Å². The molecule has 2 N–H and O–H groups in total. The lowest BCUT2D eigenvalue weighted by Gasteiger charge is -2.02. The highest BCUT2D eigenvalue weighted by molar-refractivity contribution is 5.69. The molecule has 0 bridgehead atoms. The molecule has 0 aliphatic rings. The molecule has 0 unspecified atom stereocenters. The molecule has 1 heterocycles. The Bertz CT molecular complexity index is 486. The molecule has 0 saturated heterocycles. The van der Waals surface area contributed by atoms with Gasteiger partial charge in [0.2, 0.25) is 0 Å². The van der Waals surface area contributed by atoms with E-state index in [0.717, 1.165) is 16.8 Å². The number of aryl methyl sites for hydroxylation is 2. The predicted molar refractivity (Wildman–Crippen MR) is 55.8 cm³/mol. The Kier molecular flexibility index (Phi) is 2.19. The van der Waals surface area contributed by atoms with E-state index in [2.05, 4.69) is 5.16 Å². The number of aromatic nitrogens is 1. The lowest BCUT2D eigenvalue weighted by atomic mass is 10.0. The van der Waals surface area contributed by atoms with Gasteiger partial charge in [0, 0.05) is 5.56 Å². The molecule has 1 aromatic heterocycles. The second-order valence-electron chi connectivity index (χ2n) is 3.44. The SMILES string of the molecule is Cc1noc(C)c1-c1ccc(N)c(F)c1. The van der Waals surface area contributed by atoms with Crippen molar-refractivity contribution in [1.29, 1.82) is 0 Å². The van der Waals surface area contributed by atoms with Crippen LogP contribution in [0.2, 0.25) is 0 Å². The number of anilines is 1. The zero-order chi connectivity index (χ0) is 11.0. The van der Waals surface area contributed by atoms with E-state index in [9.17, 15) is 4.39 Å². The Morgan fingerprint density at radius 2 is 2.07 bits per heavy atom. The molecular formula is C11H11FN2O. The molecule has 0 spiro atoms. The highest BCUT2D eigenvalue weighted by Gasteiger charge is 2.12. The summed E-state index contributed by atoms with van der Waals surface area (Å²) in [5.74, 6) is 0.254. The fraction of sp³-hybridized carbons (Fsp3) is 0.182. The fourth-order valence-corrected chi connectivity index (χ4v) is 1.58. The monoisotopic (exact) mass is 206 g/mol. The third-order valence-corrected chi connectivity index (χ3v) is 2.32. The van der Waals surface area contributed by atoms with E-state index in [1.165, 1.54) is 12.1 Å². The maximum Gasteiger partial charge on any atom is 0.146 e. The zero-order valence-corrected chi connectivity index (χ0v) is 8.54. The van der Waals surface area contributed by atoms with E-state index in [1.807, 2.05) is 6.92 Å². The molecule has 1 aromatic carbocycles. The number of rotatable bonds is 1. The van der Waals surface area contributed by atoms with Crippen molar-refractivity contribution in [2.75, 3.05) is 5.73 Å². The third-order valence-electron chi connectivity index (χ3n) is 2.32. The molecule has 2 aromatic rings. The minimum Gasteiger partial charge on any atom is -0.396 e. The average Bonchev–Trinajstić information content (AvgIpc) is 2.52. The molecular weight excluding hydrogens is 195 g/mol. The summed E-state index contributed by atoms with van der Waals surface area (Å²) in [5, 5.41) is 3.82. The second-order valence-corrected chi connectivity index (χ2v) is 3.44. The van der Waals surface area contributed by atoms with E-state index in [0.29, 0.717) is 5.76 Å². The summed E-state index contributed by atoms with van der Waals surface area (Å²) < 4.78 is 18.3. The van der Waals surface area contributed by atoms with Crippen LogP contribution in [0, 0.1) is 19.7 Å². The lowest BCUT2D eigenvalue weighted by Crippen LogP contribution is -1.91. The largest absolute Gasteiger partial charge is 0.396 e. The summed E-state index contributed by atoms with van der Waals surface area (Å²) in [6, 6.07) is 4.68. The van der Waals surface area contributed by atoms with Crippen molar-refractivity contribution >= 4 is 5.69 Å². The van der Waals surface area contributed by atoms with Crippen LogP contribution in [-0.4, -0.2) is 5.16 Å². The molecule has 0 fully saturated rings. The quantitative estimate of drug-likeness (QED) is 0.730. The topological polar surface area (TPSA) is 52.0 Å².